The van der Waals surface area contributed by atoms with Crippen LogP contribution in [0.5, 0.6) is 0 Å². The van der Waals surface area contributed by atoms with Gasteiger partial charge in [0.1, 0.15) is 11.9 Å². The topological polar surface area (TPSA) is 38.3 Å². The molecular weight excluding hydrogens is 326 g/mol. The number of nitrogens with one attached hydrogen (secondary N) is 1. The number of hydrogen-bond acceptors (Lipinski definition) is 2. The second-order valence-corrected chi connectivity index (χ2v) is 5.92. The summed E-state index contributed by atoms with van der Waals surface area (Å²) < 4.78 is 60.9. The van der Waals surface area contributed by atoms with E-state index in [1.54, 1.807) is 0 Å². The van der Waals surface area contributed by atoms with E-state index in [9.17, 15) is 22.4 Å². The van der Waals surface area contributed by atoms with Crippen molar-refractivity contribution in [1.82, 2.24) is 0 Å². The van der Waals surface area contributed by atoms with Crippen LogP contribution in [0.1, 0.15) is 31.7 Å². The molecule has 1 saturated carbocycles. The van der Waals surface area contributed by atoms with Crippen molar-refractivity contribution in [3.63, 3.8) is 0 Å². The van der Waals surface area contributed by atoms with Crippen LogP contribution in [-0.2, 0) is 15.1 Å². The molecule has 3 rings (SSSR count). The molecule has 24 heavy (non-hydrogen) atoms. The van der Waals surface area contributed by atoms with E-state index in [1.165, 1.54) is 6.92 Å². The van der Waals surface area contributed by atoms with Crippen LogP contribution in [-0.4, -0.2) is 18.2 Å². The monoisotopic (exact) mass is 341 g/mol. The molecule has 7 heteroatoms. The number of alkyl halides is 3. The molecule has 3 nitrogen and oxygen atoms in total. The molecule has 128 valence electrons. The van der Waals surface area contributed by atoms with Crippen molar-refractivity contribution in [3.8, 4) is 11.8 Å². The summed E-state index contributed by atoms with van der Waals surface area (Å²) >= 11 is 0. The molecule has 2 atom stereocenters. The third kappa shape index (κ3) is 2.86. The Morgan fingerprint density at radius 2 is 2.08 bits per heavy atom. The van der Waals surface area contributed by atoms with Crippen LogP contribution in [0, 0.1) is 23.6 Å². The molecular formula is C17H15F4NO2. The molecule has 1 heterocycles. The molecule has 0 aromatic heterocycles. The zero-order valence-corrected chi connectivity index (χ0v) is 12.8. The van der Waals surface area contributed by atoms with Crippen molar-refractivity contribution in [2.45, 2.75) is 44.1 Å². The third-order valence-electron chi connectivity index (χ3n) is 4.03. The normalized spacial score (nSPS) is 26.7. The van der Waals surface area contributed by atoms with Gasteiger partial charge in [-0.05, 0) is 37.5 Å². The number of carbonyl (C=O) groups is 1. The fourth-order valence-electron chi connectivity index (χ4n) is 2.55. The Bertz CT molecular complexity index is 730. The van der Waals surface area contributed by atoms with Gasteiger partial charge >= 0.3 is 6.18 Å². The van der Waals surface area contributed by atoms with Gasteiger partial charge in [0.25, 0.3) is 11.5 Å². The van der Waals surface area contributed by atoms with E-state index in [4.69, 9.17) is 4.74 Å². The number of carbonyl (C=O) groups excluding carboxylic acids is 1. The molecule has 1 amide bonds. The fourth-order valence-corrected chi connectivity index (χ4v) is 2.55. The summed E-state index contributed by atoms with van der Waals surface area (Å²) in [5.41, 5.74) is -3.69. The average Bonchev–Trinajstić information content (AvgIpc) is 3.32. The highest BCUT2D eigenvalue weighted by molar-refractivity contribution is 5.96. The molecule has 1 N–H and O–H groups in total. The molecule has 1 aromatic rings. The predicted molar refractivity (Wildman–Crippen MR) is 78.4 cm³/mol. The molecule has 0 unspecified atom stereocenters. The first-order valence-electron chi connectivity index (χ1n) is 7.65. The van der Waals surface area contributed by atoms with Crippen LogP contribution in [0.4, 0.5) is 23.2 Å². The summed E-state index contributed by atoms with van der Waals surface area (Å²) in [6.45, 7) is 1.54. The lowest BCUT2D eigenvalue weighted by molar-refractivity contribution is -0.268. The largest absolute Gasteiger partial charge is 0.433 e. The molecule has 1 aromatic carbocycles. The highest BCUT2D eigenvalue weighted by Crippen LogP contribution is 2.47. The number of amides is 1. The Balaban J connectivity index is 2.25. The number of hydrogen-bond donors (Lipinski definition) is 1. The summed E-state index contributed by atoms with van der Waals surface area (Å²) in [4.78, 5) is 12.1. The molecule has 1 fully saturated rings. The molecule has 1 aliphatic heterocycles. The van der Waals surface area contributed by atoms with E-state index >= 15 is 0 Å². The number of ether oxygens (including phenoxy) is 1. The van der Waals surface area contributed by atoms with Gasteiger partial charge in [-0.3, -0.25) is 4.79 Å². The van der Waals surface area contributed by atoms with E-state index in [1.807, 2.05) is 0 Å². The fraction of sp³-hybridized carbons (Fsp3) is 0.471. The van der Waals surface area contributed by atoms with Crippen LogP contribution in [0.15, 0.2) is 18.2 Å². The van der Waals surface area contributed by atoms with Crippen LogP contribution in [0.25, 0.3) is 0 Å². The zero-order valence-electron chi connectivity index (χ0n) is 12.8. The van der Waals surface area contributed by atoms with Gasteiger partial charge in [0, 0.05) is 17.2 Å². The molecule has 0 radical (unpaired) electrons. The van der Waals surface area contributed by atoms with Crippen LogP contribution < -0.4 is 5.32 Å². The summed E-state index contributed by atoms with van der Waals surface area (Å²) in [7, 11) is 0. The maximum atomic E-state index is 14.0. The predicted octanol–water partition coefficient (Wildman–Crippen LogP) is 3.74. The first-order chi connectivity index (χ1) is 11.3. The van der Waals surface area contributed by atoms with E-state index < -0.39 is 35.2 Å². The highest BCUT2D eigenvalue weighted by atomic mass is 19.4. The van der Waals surface area contributed by atoms with Crippen molar-refractivity contribution in [2.24, 2.45) is 5.92 Å². The first-order valence-corrected chi connectivity index (χ1v) is 7.65. The Morgan fingerprint density at radius 1 is 1.38 bits per heavy atom. The SMILES string of the molecule is CC[C@@H]1O[C@](C#CC2CC2)(C(F)(F)F)c2cc(F)ccc2NC1=O. The number of fused-ring (bicyclic) bond motifs is 1. The number of rotatable bonds is 1. The Morgan fingerprint density at radius 3 is 2.67 bits per heavy atom. The van der Waals surface area contributed by atoms with Crippen LogP contribution in [0.2, 0.25) is 0 Å². The van der Waals surface area contributed by atoms with Gasteiger partial charge in [0.15, 0.2) is 0 Å². The third-order valence-corrected chi connectivity index (χ3v) is 4.03. The second-order valence-electron chi connectivity index (χ2n) is 5.92. The Labute approximate surface area is 136 Å². The molecule has 0 spiro atoms. The van der Waals surface area contributed by atoms with Crippen LogP contribution in [0.3, 0.4) is 0 Å². The quantitative estimate of drug-likeness (QED) is 0.624. The first kappa shape index (κ1) is 16.8. The maximum absolute atomic E-state index is 14.0. The van der Waals surface area contributed by atoms with Crippen molar-refractivity contribution < 1.29 is 27.1 Å². The van der Waals surface area contributed by atoms with Gasteiger partial charge in [0.05, 0.1) is 0 Å². The lowest BCUT2D eigenvalue weighted by Crippen LogP contribution is -2.46. The number of benzene rings is 1. The van der Waals surface area contributed by atoms with E-state index in [-0.39, 0.29) is 18.0 Å². The van der Waals surface area contributed by atoms with Gasteiger partial charge in [-0.15, -0.1) is 0 Å². The Kier molecular flexibility index (Phi) is 4.04. The van der Waals surface area contributed by atoms with Crippen molar-refractivity contribution in [3.05, 3.63) is 29.6 Å². The van der Waals surface area contributed by atoms with Gasteiger partial charge < -0.3 is 10.1 Å². The Hall–Kier alpha value is -2.07. The van der Waals surface area contributed by atoms with Crippen molar-refractivity contribution in [2.75, 3.05) is 5.32 Å². The summed E-state index contributed by atoms with van der Waals surface area (Å²) in [6.07, 6.45) is -4.78. The van der Waals surface area contributed by atoms with E-state index in [0.717, 1.165) is 31.0 Å². The van der Waals surface area contributed by atoms with Gasteiger partial charge in [0.2, 0.25) is 0 Å². The highest BCUT2D eigenvalue weighted by Gasteiger charge is 2.60. The number of anilines is 1. The van der Waals surface area contributed by atoms with Gasteiger partial charge in [-0.25, -0.2) is 4.39 Å². The van der Waals surface area contributed by atoms with E-state index in [2.05, 4.69) is 17.2 Å². The lowest BCUT2D eigenvalue weighted by atomic mass is 9.91. The van der Waals surface area contributed by atoms with Crippen molar-refractivity contribution in [1.29, 1.82) is 0 Å². The smallest absolute Gasteiger partial charge is 0.337 e. The lowest BCUT2D eigenvalue weighted by Gasteiger charge is -2.32. The van der Waals surface area contributed by atoms with Crippen molar-refractivity contribution >= 4 is 11.6 Å². The van der Waals surface area contributed by atoms with E-state index in [0.29, 0.717) is 0 Å². The molecule has 0 bridgehead atoms. The molecule has 0 saturated heterocycles. The van der Waals surface area contributed by atoms with Gasteiger partial charge in [-0.2, -0.15) is 13.2 Å². The van der Waals surface area contributed by atoms with Crippen LogP contribution >= 0.6 is 0 Å². The molecule has 1 aliphatic carbocycles. The average molecular weight is 341 g/mol. The maximum Gasteiger partial charge on any atom is 0.433 e. The zero-order chi connectivity index (χ0) is 17.5. The standard InChI is InChI=1S/C17H15F4NO2/c1-2-14-15(23)22-13-6-5-11(18)9-12(13)16(24-14,17(19,20)21)8-7-10-3-4-10/h5-6,9-10,14H,2-4H2,1H3,(H,22,23)/t14-,16-/m0/s1. The summed E-state index contributed by atoms with van der Waals surface area (Å²) in [6, 6.07) is 2.81. The summed E-state index contributed by atoms with van der Waals surface area (Å²) in [5, 5.41) is 2.38. The molecule has 2 aliphatic rings. The van der Waals surface area contributed by atoms with Gasteiger partial charge in [-0.1, -0.05) is 18.8 Å². The minimum atomic E-state index is -4.93. The minimum Gasteiger partial charge on any atom is -0.337 e. The second kappa shape index (κ2) is 5.78. The number of halogens is 4. The minimum absolute atomic E-state index is 0.0330. The summed E-state index contributed by atoms with van der Waals surface area (Å²) in [5.74, 6) is 3.08.